The Labute approximate surface area is 174 Å². The fourth-order valence-electron chi connectivity index (χ4n) is 3.54. The highest BCUT2D eigenvalue weighted by molar-refractivity contribution is 5.56. The second kappa shape index (κ2) is 8.91. The van der Waals surface area contributed by atoms with Gasteiger partial charge in [0.05, 0.1) is 33.3 Å². The number of benzene rings is 2. The molecule has 0 bridgehead atoms. The maximum absolute atomic E-state index is 13.1. The number of aromatic nitrogens is 3. The number of piperazine rings is 1. The molecule has 1 aromatic heterocycles. The predicted octanol–water partition coefficient (Wildman–Crippen LogP) is 1.25. The van der Waals surface area contributed by atoms with E-state index in [1.807, 2.05) is 36.4 Å². The first-order valence-corrected chi connectivity index (χ1v) is 9.84. The van der Waals surface area contributed by atoms with Crippen molar-refractivity contribution in [1.82, 2.24) is 15.0 Å². The molecule has 0 unspecified atom stereocenters. The summed E-state index contributed by atoms with van der Waals surface area (Å²) in [6.45, 7) is 4.30. The molecule has 0 atom stereocenters. The summed E-state index contributed by atoms with van der Waals surface area (Å²) in [4.78, 5) is 16.7. The Morgan fingerprint density at radius 2 is 1.87 bits per heavy atom. The molecule has 1 aliphatic rings. The Balaban J connectivity index is 1.38. The molecule has 0 amide bonds. The minimum atomic E-state index is -0.214. The average molecular weight is 410 g/mol. The maximum Gasteiger partial charge on any atom is 0.232 e. The van der Waals surface area contributed by atoms with Gasteiger partial charge in [-0.15, -0.1) is 0 Å². The lowest BCUT2D eigenvalue weighted by molar-refractivity contribution is -0.915. The molecule has 0 aliphatic carbocycles. The Hall–Kier alpha value is -3.46. The zero-order valence-electron chi connectivity index (χ0n) is 16.8. The number of methoxy groups -OCH3 is 1. The molecule has 156 valence electrons. The number of halogens is 1. The van der Waals surface area contributed by atoms with Gasteiger partial charge in [-0.05, 0) is 36.4 Å². The van der Waals surface area contributed by atoms with Crippen LogP contribution in [0.5, 0.6) is 5.75 Å². The summed E-state index contributed by atoms with van der Waals surface area (Å²) in [5, 5.41) is 3.16. The number of rotatable bonds is 6. The topological polar surface area (TPSA) is 93.6 Å². The number of nitrogen functional groups attached to an aromatic ring is 1. The van der Waals surface area contributed by atoms with Gasteiger partial charge < -0.3 is 25.6 Å². The number of ether oxygens (including phenoxy) is 1. The molecule has 4 N–H and O–H groups in total. The summed E-state index contributed by atoms with van der Waals surface area (Å²) in [7, 11) is 1.62. The molecule has 1 saturated heterocycles. The zero-order chi connectivity index (χ0) is 20.9. The molecule has 0 radical (unpaired) electrons. The van der Waals surface area contributed by atoms with Gasteiger partial charge in [-0.25, -0.2) is 4.39 Å². The fourth-order valence-corrected chi connectivity index (χ4v) is 3.54. The van der Waals surface area contributed by atoms with Gasteiger partial charge in [-0.1, -0.05) is 6.07 Å². The molecule has 0 spiro atoms. The highest BCUT2D eigenvalue weighted by Gasteiger charge is 2.22. The third-order valence-electron chi connectivity index (χ3n) is 5.10. The van der Waals surface area contributed by atoms with Crippen molar-refractivity contribution in [2.75, 3.05) is 49.2 Å². The normalized spacial score (nSPS) is 14.5. The molecule has 1 fully saturated rings. The molecular formula is C21H25FN7O+. The standard InChI is InChI=1S/C21H24FN7O/c1-30-18-4-2-3-16(13-18)24-21-26-19(25-20(23)27-21)14-28-9-11-29(12-10-28)17-7-5-15(22)6-8-17/h2-8,13H,9-12,14H2,1H3,(H3,23,24,25,26,27)/p+1. The van der Waals surface area contributed by atoms with Crippen molar-refractivity contribution in [3.63, 3.8) is 0 Å². The summed E-state index contributed by atoms with van der Waals surface area (Å²) in [5.74, 6) is 1.78. The molecule has 8 nitrogen and oxygen atoms in total. The highest BCUT2D eigenvalue weighted by atomic mass is 19.1. The lowest BCUT2D eigenvalue weighted by Gasteiger charge is -2.33. The van der Waals surface area contributed by atoms with Crippen molar-refractivity contribution in [1.29, 1.82) is 0 Å². The first kappa shape index (κ1) is 19.8. The van der Waals surface area contributed by atoms with Crippen molar-refractivity contribution in [3.05, 3.63) is 60.2 Å². The van der Waals surface area contributed by atoms with Crippen molar-refractivity contribution in [3.8, 4) is 5.75 Å². The quantitative estimate of drug-likeness (QED) is 0.563. The number of hydrogen-bond donors (Lipinski definition) is 3. The summed E-state index contributed by atoms with van der Waals surface area (Å²) >= 11 is 0. The number of nitrogens with two attached hydrogens (primary N) is 1. The number of hydrogen-bond acceptors (Lipinski definition) is 7. The van der Waals surface area contributed by atoms with Gasteiger partial charge in [-0.3, -0.25) is 0 Å². The summed E-state index contributed by atoms with van der Waals surface area (Å²) in [6, 6.07) is 14.2. The van der Waals surface area contributed by atoms with Crippen LogP contribution >= 0.6 is 0 Å². The van der Waals surface area contributed by atoms with Crippen molar-refractivity contribution in [2.45, 2.75) is 6.54 Å². The number of anilines is 4. The zero-order valence-corrected chi connectivity index (χ0v) is 16.8. The molecule has 3 aromatic rings. The number of quaternary nitrogens is 1. The Bertz CT molecular complexity index is 991. The minimum absolute atomic E-state index is 0.190. The first-order valence-electron chi connectivity index (χ1n) is 9.84. The van der Waals surface area contributed by atoms with Gasteiger partial charge in [0, 0.05) is 17.4 Å². The largest absolute Gasteiger partial charge is 0.497 e. The molecule has 2 aromatic carbocycles. The smallest absolute Gasteiger partial charge is 0.232 e. The van der Waals surface area contributed by atoms with Crippen LogP contribution in [0.2, 0.25) is 0 Å². The Kier molecular flexibility index (Phi) is 5.89. The summed E-state index contributed by atoms with van der Waals surface area (Å²) in [5.41, 5.74) is 7.77. The van der Waals surface area contributed by atoms with E-state index in [9.17, 15) is 4.39 Å². The third kappa shape index (κ3) is 4.93. The molecule has 2 heterocycles. The van der Waals surface area contributed by atoms with Crippen LogP contribution in [0.25, 0.3) is 0 Å². The first-order chi connectivity index (χ1) is 14.6. The van der Waals surface area contributed by atoms with E-state index in [-0.39, 0.29) is 11.8 Å². The molecule has 4 rings (SSSR count). The van der Waals surface area contributed by atoms with Gasteiger partial charge in [0.15, 0.2) is 5.82 Å². The molecule has 9 heteroatoms. The highest BCUT2D eigenvalue weighted by Crippen LogP contribution is 2.19. The Morgan fingerprint density at radius 1 is 1.10 bits per heavy atom. The van der Waals surface area contributed by atoms with Gasteiger partial charge in [-0.2, -0.15) is 15.0 Å². The lowest BCUT2D eigenvalue weighted by Crippen LogP contribution is -3.13. The van der Waals surface area contributed by atoms with E-state index in [0.29, 0.717) is 18.3 Å². The van der Waals surface area contributed by atoms with Gasteiger partial charge in [0.2, 0.25) is 11.9 Å². The van der Waals surface area contributed by atoms with E-state index in [1.54, 1.807) is 7.11 Å². The van der Waals surface area contributed by atoms with E-state index in [0.717, 1.165) is 43.3 Å². The van der Waals surface area contributed by atoms with E-state index in [1.165, 1.54) is 17.0 Å². The monoisotopic (exact) mass is 410 g/mol. The lowest BCUT2D eigenvalue weighted by atomic mass is 10.2. The van der Waals surface area contributed by atoms with Crippen LogP contribution in [0.3, 0.4) is 0 Å². The van der Waals surface area contributed by atoms with Crippen molar-refractivity contribution < 1.29 is 14.0 Å². The van der Waals surface area contributed by atoms with Crippen LogP contribution in [0.4, 0.5) is 27.7 Å². The molecule has 1 aliphatic heterocycles. The number of nitrogens with one attached hydrogen (secondary N) is 2. The maximum atomic E-state index is 13.1. The van der Waals surface area contributed by atoms with Crippen molar-refractivity contribution >= 4 is 23.3 Å². The van der Waals surface area contributed by atoms with Crippen LogP contribution in [0.1, 0.15) is 5.82 Å². The van der Waals surface area contributed by atoms with Crippen molar-refractivity contribution in [2.24, 2.45) is 0 Å². The van der Waals surface area contributed by atoms with E-state index >= 15 is 0 Å². The van der Waals surface area contributed by atoms with Crippen LogP contribution in [-0.2, 0) is 6.54 Å². The van der Waals surface area contributed by atoms with Crippen LogP contribution in [-0.4, -0.2) is 48.2 Å². The van der Waals surface area contributed by atoms with E-state index in [4.69, 9.17) is 10.5 Å². The van der Waals surface area contributed by atoms with Crippen LogP contribution in [0, 0.1) is 5.82 Å². The number of nitrogens with zero attached hydrogens (tertiary/aromatic N) is 4. The average Bonchev–Trinajstić information content (AvgIpc) is 2.75. The molecule has 0 saturated carbocycles. The predicted molar refractivity (Wildman–Crippen MR) is 114 cm³/mol. The van der Waals surface area contributed by atoms with Gasteiger partial charge in [0.25, 0.3) is 0 Å². The minimum Gasteiger partial charge on any atom is -0.497 e. The second-order valence-corrected chi connectivity index (χ2v) is 7.18. The Morgan fingerprint density at radius 3 is 2.60 bits per heavy atom. The summed E-state index contributed by atoms with van der Waals surface area (Å²) < 4.78 is 18.4. The molecule has 30 heavy (non-hydrogen) atoms. The third-order valence-corrected chi connectivity index (χ3v) is 5.10. The molecular weight excluding hydrogens is 385 g/mol. The van der Waals surface area contributed by atoms with Gasteiger partial charge >= 0.3 is 0 Å². The van der Waals surface area contributed by atoms with Gasteiger partial charge in [0.1, 0.15) is 18.1 Å². The fraction of sp³-hybridized carbons (Fsp3) is 0.286. The van der Waals surface area contributed by atoms with Crippen LogP contribution < -0.4 is 25.6 Å². The summed E-state index contributed by atoms with van der Waals surface area (Å²) in [6.07, 6.45) is 0. The van der Waals surface area contributed by atoms with E-state index in [2.05, 4.69) is 25.2 Å². The van der Waals surface area contributed by atoms with E-state index < -0.39 is 0 Å². The second-order valence-electron chi connectivity index (χ2n) is 7.18. The van der Waals surface area contributed by atoms with Crippen LogP contribution in [0.15, 0.2) is 48.5 Å². The SMILES string of the molecule is COc1cccc(Nc2nc(N)nc(C[NH+]3CCN(c4ccc(F)cc4)CC3)n2)c1.